The molecule has 9 heteroatoms. The molecule has 1 N–H and O–H groups in total. The SMILES string of the molecule is C=CCc1cc(/C=C(\C#N)C(=O)Nc2cccc([N+](=O)[O-])c2)cc(OC)c1OCc1cccc(Cl)c1. The van der Waals surface area contributed by atoms with Gasteiger partial charge in [-0.3, -0.25) is 14.9 Å². The second kappa shape index (κ2) is 12.2. The van der Waals surface area contributed by atoms with Crippen LogP contribution in [0.2, 0.25) is 5.02 Å². The van der Waals surface area contributed by atoms with Gasteiger partial charge in [0.2, 0.25) is 0 Å². The molecule has 0 aliphatic carbocycles. The first-order valence-electron chi connectivity index (χ1n) is 10.7. The number of nitrogens with zero attached hydrogens (tertiary/aromatic N) is 2. The van der Waals surface area contributed by atoms with Gasteiger partial charge in [0.15, 0.2) is 11.5 Å². The highest BCUT2D eigenvalue weighted by atomic mass is 35.5. The first-order valence-corrected chi connectivity index (χ1v) is 11.1. The molecule has 182 valence electrons. The zero-order valence-electron chi connectivity index (χ0n) is 19.4. The number of ether oxygens (including phenoxy) is 2. The Morgan fingerprint density at radius 1 is 1.22 bits per heavy atom. The lowest BCUT2D eigenvalue weighted by atomic mass is 10.0. The standard InChI is InChI=1S/C27H22ClN3O5/c1-3-6-20-11-19(14-25(35-2)26(20)36-17-18-7-4-8-22(28)13-18)12-21(16-29)27(32)30-23-9-5-10-24(15-23)31(33)34/h3-5,7-15H,1,6,17H2,2H3,(H,30,32)/b21-12+. The van der Waals surface area contributed by atoms with Crippen molar-refractivity contribution < 1.29 is 19.2 Å². The molecule has 0 radical (unpaired) electrons. The van der Waals surface area contributed by atoms with Gasteiger partial charge in [0.05, 0.1) is 12.0 Å². The molecule has 0 atom stereocenters. The van der Waals surface area contributed by atoms with E-state index in [-0.39, 0.29) is 23.6 Å². The number of hydrogen-bond donors (Lipinski definition) is 1. The Morgan fingerprint density at radius 3 is 2.67 bits per heavy atom. The van der Waals surface area contributed by atoms with Crippen molar-refractivity contribution in [3.8, 4) is 17.6 Å². The topological polar surface area (TPSA) is 114 Å². The number of methoxy groups -OCH3 is 1. The number of nitrogens with one attached hydrogen (secondary N) is 1. The fourth-order valence-corrected chi connectivity index (χ4v) is 3.60. The summed E-state index contributed by atoms with van der Waals surface area (Å²) in [6, 6.07) is 18.1. The van der Waals surface area contributed by atoms with Crippen molar-refractivity contribution in [3.05, 3.63) is 111 Å². The Labute approximate surface area is 213 Å². The van der Waals surface area contributed by atoms with E-state index in [0.29, 0.717) is 28.5 Å². The van der Waals surface area contributed by atoms with Crippen molar-refractivity contribution in [2.24, 2.45) is 0 Å². The molecule has 8 nitrogen and oxygen atoms in total. The number of hydrogen-bond acceptors (Lipinski definition) is 6. The Kier molecular flexibility index (Phi) is 8.81. The quantitative estimate of drug-likeness (QED) is 0.117. The smallest absolute Gasteiger partial charge is 0.271 e. The largest absolute Gasteiger partial charge is 0.493 e. The van der Waals surface area contributed by atoms with Crippen LogP contribution in [0.15, 0.2) is 78.9 Å². The molecule has 0 saturated carbocycles. The lowest BCUT2D eigenvalue weighted by Gasteiger charge is -2.16. The average molecular weight is 504 g/mol. The van der Waals surface area contributed by atoms with Crippen LogP contribution in [-0.2, 0) is 17.8 Å². The van der Waals surface area contributed by atoms with E-state index in [2.05, 4.69) is 11.9 Å². The third-order valence-corrected chi connectivity index (χ3v) is 5.24. The Morgan fingerprint density at radius 2 is 2.00 bits per heavy atom. The maximum absolute atomic E-state index is 12.7. The number of rotatable bonds is 10. The van der Waals surface area contributed by atoms with Gasteiger partial charge in [-0.25, -0.2) is 0 Å². The van der Waals surface area contributed by atoms with Crippen LogP contribution in [-0.4, -0.2) is 17.9 Å². The molecule has 0 aromatic heterocycles. The van der Waals surface area contributed by atoms with E-state index >= 15 is 0 Å². The number of allylic oxidation sites excluding steroid dienone is 1. The molecular formula is C27H22ClN3O5. The number of carbonyl (C=O) groups excluding carboxylic acids is 1. The maximum Gasteiger partial charge on any atom is 0.271 e. The molecular weight excluding hydrogens is 482 g/mol. The Bertz CT molecular complexity index is 1380. The van der Waals surface area contributed by atoms with Crippen molar-refractivity contribution in [1.29, 1.82) is 5.26 Å². The number of non-ortho nitro benzene ring substituents is 1. The summed E-state index contributed by atoms with van der Waals surface area (Å²) in [6.07, 6.45) is 3.56. The van der Waals surface area contributed by atoms with E-state index in [4.69, 9.17) is 21.1 Å². The Balaban J connectivity index is 1.90. The summed E-state index contributed by atoms with van der Waals surface area (Å²) in [5, 5.41) is 23.7. The summed E-state index contributed by atoms with van der Waals surface area (Å²) < 4.78 is 11.6. The summed E-state index contributed by atoms with van der Waals surface area (Å²) in [7, 11) is 1.49. The number of anilines is 1. The zero-order valence-corrected chi connectivity index (χ0v) is 20.1. The number of nitro groups is 1. The summed E-state index contributed by atoms with van der Waals surface area (Å²) in [4.78, 5) is 23.1. The maximum atomic E-state index is 12.7. The van der Waals surface area contributed by atoms with E-state index in [9.17, 15) is 20.2 Å². The van der Waals surface area contributed by atoms with Crippen LogP contribution in [0.3, 0.4) is 0 Å². The van der Waals surface area contributed by atoms with Crippen LogP contribution in [0.25, 0.3) is 6.08 Å². The lowest BCUT2D eigenvalue weighted by Crippen LogP contribution is -2.13. The minimum absolute atomic E-state index is 0.178. The fraction of sp³-hybridized carbons (Fsp3) is 0.111. The number of amides is 1. The minimum Gasteiger partial charge on any atom is -0.493 e. The van der Waals surface area contributed by atoms with Crippen LogP contribution < -0.4 is 14.8 Å². The second-order valence-corrected chi connectivity index (χ2v) is 7.99. The van der Waals surface area contributed by atoms with E-state index < -0.39 is 10.8 Å². The number of halogens is 1. The van der Waals surface area contributed by atoms with E-state index in [1.165, 1.54) is 37.5 Å². The predicted molar refractivity (Wildman–Crippen MR) is 138 cm³/mol. The first-order chi connectivity index (χ1) is 17.3. The number of nitriles is 1. The summed E-state index contributed by atoms with van der Waals surface area (Å²) in [5.41, 5.74) is 1.98. The van der Waals surface area contributed by atoms with Crippen molar-refractivity contribution in [1.82, 2.24) is 0 Å². The van der Waals surface area contributed by atoms with Crippen molar-refractivity contribution in [2.45, 2.75) is 13.0 Å². The molecule has 36 heavy (non-hydrogen) atoms. The third kappa shape index (κ3) is 6.72. The van der Waals surface area contributed by atoms with Crippen LogP contribution in [0.1, 0.15) is 16.7 Å². The van der Waals surface area contributed by atoms with Gasteiger partial charge in [-0.1, -0.05) is 35.9 Å². The highest BCUT2D eigenvalue weighted by Gasteiger charge is 2.16. The first kappa shape index (κ1) is 26.0. The average Bonchev–Trinajstić information content (AvgIpc) is 2.86. The van der Waals surface area contributed by atoms with Crippen LogP contribution in [0.4, 0.5) is 11.4 Å². The summed E-state index contributed by atoms with van der Waals surface area (Å²) in [5.74, 6) is 0.219. The number of nitro benzene ring substituents is 1. The van der Waals surface area contributed by atoms with Gasteiger partial charge >= 0.3 is 0 Å². The normalized spacial score (nSPS) is 10.8. The number of carbonyl (C=O) groups is 1. The molecule has 0 aliphatic heterocycles. The molecule has 0 heterocycles. The fourth-order valence-electron chi connectivity index (χ4n) is 3.38. The van der Waals surface area contributed by atoms with Gasteiger partial charge in [0.1, 0.15) is 18.2 Å². The lowest BCUT2D eigenvalue weighted by molar-refractivity contribution is -0.384. The van der Waals surface area contributed by atoms with Crippen molar-refractivity contribution in [3.63, 3.8) is 0 Å². The van der Waals surface area contributed by atoms with Crippen LogP contribution in [0.5, 0.6) is 11.5 Å². The third-order valence-electron chi connectivity index (χ3n) is 5.00. The molecule has 3 aromatic rings. The van der Waals surface area contributed by atoms with Crippen LogP contribution >= 0.6 is 11.6 Å². The van der Waals surface area contributed by atoms with Gasteiger partial charge in [-0.05, 0) is 54.0 Å². The van der Waals surface area contributed by atoms with E-state index in [1.54, 1.807) is 30.3 Å². The monoisotopic (exact) mass is 503 g/mol. The Hall–Kier alpha value is -4.61. The van der Waals surface area contributed by atoms with Gasteiger partial charge in [-0.2, -0.15) is 5.26 Å². The van der Waals surface area contributed by atoms with Gasteiger partial charge in [-0.15, -0.1) is 6.58 Å². The van der Waals surface area contributed by atoms with Gasteiger partial charge in [0, 0.05) is 28.4 Å². The van der Waals surface area contributed by atoms with Crippen molar-refractivity contribution >= 4 is 35.0 Å². The molecule has 0 fully saturated rings. The molecule has 3 aromatic carbocycles. The second-order valence-electron chi connectivity index (χ2n) is 7.55. The molecule has 0 bridgehead atoms. The molecule has 0 saturated heterocycles. The molecule has 1 amide bonds. The minimum atomic E-state index is -0.705. The highest BCUT2D eigenvalue weighted by Crippen LogP contribution is 2.35. The molecule has 0 aliphatic rings. The summed E-state index contributed by atoms with van der Waals surface area (Å²) >= 11 is 6.06. The predicted octanol–water partition coefficient (Wildman–Crippen LogP) is 6.11. The van der Waals surface area contributed by atoms with Crippen molar-refractivity contribution in [2.75, 3.05) is 12.4 Å². The number of benzene rings is 3. The molecule has 0 unspecified atom stereocenters. The van der Waals surface area contributed by atoms with E-state index in [1.807, 2.05) is 18.2 Å². The van der Waals surface area contributed by atoms with E-state index in [0.717, 1.165) is 11.1 Å². The molecule has 0 spiro atoms. The van der Waals surface area contributed by atoms with Gasteiger partial charge < -0.3 is 14.8 Å². The molecule has 3 rings (SSSR count). The highest BCUT2D eigenvalue weighted by molar-refractivity contribution is 6.30. The summed E-state index contributed by atoms with van der Waals surface area (Å²) in [6.45, 7) is 4.05. The van der Waals surface area contributed by atoms with Crippen LogP contribution in [0, 0.1) is 21.4 Å². The zero-order chi connectivity index (χ0) is 26.1. The van der Waals surface area contributed by atoms with Gasteiger partial charge in [0.25, 0.3) is 11.6 Å².